The molecule has 0 unspecified atom stereocenters. The fraction of sp³-hybridized carbons (Fsp3) is 0.714. The van der Waals surface area contributed by atoms with E-state index in [1.807, 2.05) is 6.55 Å². The average Bonchev–Trinajstić information content (AvgIpc) is 1.88. The Balaban J connectivity index is 0. The second-order valence-corrected chi connectivity index (χ2v) is 7.55. The maximum atomic E-state index is 5.18. The van der Waals surface area contributed by atoms with Crippen LogP contribution in [-0.2, 0) is 4.74 Å². The van der Waals surface area contributed by atoms with Crippen LogP contribution in [0, 0.1) is 0 Å². The van der Waals surface area contributed by atoms with Gasteiger partial charge in [0.25, 0.3) is 0 Å². The van der Waals surface area contributed by atoms with Gasteiger partial charge in [-0.25, -0.2) is 0 Å². The third kappa shape index (κ3) is 38.2. The highest BCUT2D eigenvalue weighted by Gasteiger charge is 1.80. The van der Waals surface area contributed by atoms with Crippen LogP contribution in [0.2, 0.25) is 6.55 Å². The lowest BCUT2D eigenvalue weighted by Gasteiger charge is -1.93. The Morgan fingerprint density at radius 1 is 1.55 bits per heavy atom. The van der Waals surface area contributed by atoms with Crippen molar-refractivity contribution in [2.45, 2.75) is 26.3 Å². The largest absolute Gasteiger partial charge is 0.502 e. The van der Waals surface area contributed by atoms with E-state index < -0.39 is 7.42 Å². The lowest BCUT2D eigenvalue weighted by molar-refractivity contribution is 0.245. The molecule has 0 aliphatic rings. The van der Waals surface area contributed by atoms with E-state index >= 15 is 0 Å². The van der Waals surface area contributed by atoms with Gasteiger partial charge in [0.05, 0.1) is 12.9 Å². The van der Waals surface area contributed by atoms with Gasteiger partial charge in [-0.2, -0.15) is 22.2 Å². The van der Waals surface area contributed by atoms with E-state index in [0.29, 0.717) is 0 Å². The molecule has 68 valence electrons. The molecule has 1 nitrogen and oxygen atoms in total. The summed E-state index contributed by atoms with van der Waals surface area (Å²) in [4.78, 5) is 0. The molecule has 0 saturated carbocycles. The van der Waals surface area contributed by atoms with E-state index in [2.05, 4.69) is 13.5 Å². The van der Waals surface area contributed by atoms with E-state index in [4.69, 9.17) is 26.9 Å². The molecule has 0 aromatic carbocycles. The Bertz CT molecular complexity index is 76.1. The van der Waals surface area contributed by atoms with Crippen molar-refractivity contribution < 1.29 is 4.74 Å². The van der Waals surface area contributed by atoms with Crippen molar-refractivity contribution in [1.82, 2.24) is 0 Å². The first-order valence-electron chi connectivity index (χ1n) is 3.65. The SMILES string of the molecule is C=COCCCC.C[SiH](Cl)Cl. The number of rotatable bonds is 4. The highest BCUT2D eigenvalue weighted by atomic mass is 35.7. The maximum absolute atomic E-state index is 5.18. The molecule has 0 bridgehead atoms. The Hall–Kier alpha value is 0.337. The van der Waals surface area contributed by atoms with E-state index in [0.717, 1.165) is 13.0 Å². The molecule has 0 heterocycles. The predicted octanol–water partition coefficient (Wildman–Crippen LogP) is 3.26. The average molecular weight is 215 g/mol. The van der Waals surface area contributed by atoms with Crippen molar-refractivity contribution in [3.05, 3.63) is 12.8 Å². The maximum Gasteiger partial charge on any atom is 0.234 e. The van der Waals surface area contributed by atoms with Gasteiger partial charge in [-0.05, 0) is 13.0 Å². The van der Waals surface area contributed by atoms with Gasteiger partial charge in [0.2, 0.25) is 7.42 Å². The van der Waals surface area contributed by atoms with Crippen LogP contribution in [0.15, 0.2) is 12.8 Å². The monoisotopic (exact) mass is 214 g/mol. The molecular weight excluding hydrogens is 199 g/mol. The summed E-state index contributed by atoms with van der Waals surface area (Å²) in [6.45, 7) is 8.20. The molecule has 0 saturated heterocycles. The van der Waals surface area contributed by atoms with Gasteiger partial charge < -0.3 is 4.74 Å². The van der Waals surface area contributed by atoms with E-state index in [1.54, 1.807) is 0 Å². The number of hydrogen-bond acceptors (Lipinski definition) is 1. The smallest absolute Gasteiger partial charge is 0.234 e. The summed E-state index contributed by atoms with van der Waals surface area (Å²) in [6, 6.07) is 0. The number of halogens is 2. The van der Waals surface area contributed by atoms with Gasteiger partial charge in [-0.1, -0.05) is 19.9 Å². The summed E-state index contributed by atoms with van der Waals surface area (Å²) in [7, 11) is -1.19. The first-order valence-corrected chi connectivity index (χ1v) is 8.30. The zero-order valence-corrected chi connectivity index (χ0v) is 9.81. The molecule has 0 atom stereocenters. The molecule has 0 N–H and O–H groups in total. The number of hydrogen-bond donors (Lipinski definition) is 0. The Labute approximate surface area is 80.4 Å². The van der Waals surface area contributed by atoms with Gasteiger partial charge in [0.1, 0.15) is 0 Å². The molecule has 11 heavy (non-hydrogen) atoms. The summed E-state index contributed by atoms with van der Waals surface area (Å²) in [5, 5.41) is 0. The molecule has 0 rings (SSSR count). The quantitative estimate of drug-likeness (QED) is 0.302. The molecular formula is C7H16Cl2OSi. The first-order chi connectivity index (χ1) is 5.15. The van der Waals surface area contributed by atoms with Crippen molar-refractivity contribution in [2.24, 2.45) is 0 Å². The fourth-order valence-electron chi connectivity index (χ4n) is 0.311. The molecule has 0 aliphatic heterocycles. The van der Waals surface area contributed by atoms with Crippen LogP contribution in [-0.4, -0.2) is 14.0 Å². The predicted molar refractivity (Wildman–Crippen MR) is 55.8 cm³/mol. The summed E-state index contributed by atoms with van der Waals surface area (Å²) in [5.74, 6) is 0. The molecule has 4 heteroatoms. The van der Waals surface area contributed by atoms with Crippen LogP contribution < -0.4 is 0 Å². The second kappa shape index (κ2) is 13.0. The van der Waals surface area contributed by atoms with Crippen LogP contribution in [0.1, 0.15) is 19.8 Å². The standard InChI is InChI=1S/C6H12O.CH4Cl2Si/c1-3-5-6-7-4-2;1-4(2)3/h4H,2-3,5-6H2,1H3;4H,1H3. The molecule has 0 aliphatic carbocycles. The molecule has 0 spiro atoms. The topological polar surface area (TPSA) is 9.23 Å². The summed E-state index contributed by atoms with van der Waals surface area (Å²) < 4.78 is 4.84. The van der Waals surface area contributed by atoms with Crippen LogP contribution >= 0.6 is 22.2 Å². The molecule has 0 aromatic heterocycles. The lowest BCUT2D eigenvalue weighted by Crippen LogP contribution is -1.83. The molecule has 0 fully saturated rings. The fourth-order valence-corrected chi connectivity index (χ4v) is 0.311. The van der Waals surface area contributed by atoms with Gasteiger partial charge in [0, 0.05) is 0 Å². The van der Waals surface area contributed by atoms with Gasteiger partial charge >= 0.3 is 0 Å². The minimum Gasteiger partial charge on any atom is -0.502 e. The minimum absolute atomic E-state index is 0.819. The zero-order chi connectivity index (χ0) is 9.11. The third-order valence-electron chi connectivity index (χ3n) is 0.734. The molecule has 0 aromatic rings. The Morgan fingerprint density at radius 2 is 2.00 bits per heavy atom. The Morgan fingerprint density at radius 3 is 2.27 bits per heavy atom. The van der Waals surface area contributed by atoms with Crippen LogP contribution in [0.25, 0.3) is 0 Å². The highest BCUT2D eigenvalue weighted by Crippen LogP contribution is 1.89. The minimum atomic E-state index is -1.19. The third-order valence-corrected chi connectivity index (χ3v) is 0.734. The summed E-state index contributed by atoms with van der Waals surface area (Å²) in [5.41, 5.74) is 0. The van der Waals surface area contributed by atoms with Crippen molar-refractivity contribution in [2.75, 3.05) is 6.61 Å². The molecule has 0 radical (unpaired) electrons. The van der Waals surface area contributed by atoms with Crippen molar-refractivity contribution >= 4 is 29.6 Å². The van der Waals surface area contributed by atoms with Crippen molar-refractivity contribution in [3.8, 4) is 0 Å². The van der Waals surface area contributed by atoms with Gasteiger partial charge in [-0.15, -0.1) is 0 Å². The van der Waals surface area contributed by atoms with Crippen LogP contribution in [0.5, 0.6) is 0 Å². The van der Waals surface area contributed by atoms with E-state index in [-0.39, 0.29) is 0 Å². The van der Waals surface area contributed by atoms with Crippen LogP contribution in [0.4, 0.5) is 0 Å². The number of unbranched alkanes of at least 4 members (excludes halogenated alkanes) is 1. The Kier molecular flexibility index (Phi) is 16.4. The lowest BCUT2D eigenvalue weighted by atomic mass is 10.4. The van der Waals surface area contributed by atoms with Crippen molar-refractivity contribution in [3.63, 3.8) is 0 Å². The van der Waals surface area contributed by atoms with Crippen LogP contribution in [0.3, 0.4) is 0 Å². The normalized spacial score (nSPS) is 8.45. The van der Waals surface area contributed by atoms with Gasteiger partial charge in [0.15, 0.2) is 0 Å². The second-order valence-electron chi connectivity index (χ2n) is 1.91. The van der Waals surface area contributed by atoms with E-state index in [1.165, 1.54) is 12.7 Å². The van der Waals surface area contributed by atoms with Gasteiger partial charge in [-0.3, -0.25) is 0 Å². The highest BCUT2D eigenvalue weighted by molar-refractivity contribution is 7.33. The zero-order valence-electron chi connectivity index (χ0n) is 7.15. The van der Waals surface area contributed by atoms with Crippen molar-refractivity contribution in [1.29, 1.82) is 0 Å². The molecule has 0 amide bonds. The first kappa shape index (κ1) is 13.9. The van der Waals surface area contributed by atoms with E-state index in [9.17, 15) is 0 Å². The summed E-state index contributed by atoms with van der Waals surface area (Å²) in [6.07, 6.45) is 3.80. The summed E-state index contributed by atoms with van der Waals surface area (Å²) >= 11 is 10.4. The number of ether oxygens (including phenoxy) is 1.